The Balaban J connectivity index is 2.26. The van der Waals surface area contributed by atoms with E-state index in [9.17, 15) is 0 Å². The van der Waals surface area contributed by atoms with Gasteiger partial charge in [-0.25, -0.2) is 0 Å². The van der Waals surface area contributed by atoms with Crippen molar-refractivity contribution in [3.05, 3.63) is 45.6 Å². The molecule has 2 unspecified atom stereocenters. The van der Waals surface area contributed by atoms with E-state index >= 15 is 0 Å². The third kappa shape index (κ3) is 3.66. The van der Waals surface area contributed by atoms with Gasteiger partial charge in [0.1, 0.15) is 5.75 Å². The number of hydrogen-bond donors (Lipinski definition) is 1. The van der Waals surface area contributed by atoms with Crippen LogP contribution in [-0.4, -0.2) is 13.2 Å². The minimum atomic E-state index is 0.0321. The molecule has 2 rings (SSSR count). The first-order valence-corrected chi connectivity index (χ1v) is 7.99. The molecular weight excluding hydrogens is 298 g/mol. The highest BCUT2D eigenvalue weighted by molar-refractivity contribution is 7.99. The van der Waals surface area contributed by atoms with Crippen molar-refractivity contribution in [1.82, 2.24) is 0 Å². The number of ether oxygens (including phenoxy) is 1. The molecule has 1 heterocycles. The molecule has 2 atom stereocenters. The van der Waals surface area contributed by atoms with Crippen LogP contribution >= 0.6 is 34.7 Å². The average molecular weight is 314 g/mol. The quantitative estimate of drug-likeness (QED) is 0.820. The molecule has 0 amide bonds. The summed E-state index contributed by atoms with van der Waals surface area (Å²) in [7, 11) is 1.68. The predicted octanol–water partition coefficient (Wildman–Crippen LogP) is 4.59. The van der Waals surface area contributed by atoms with Gasteiger partial charge in [-0.1, -0.05) is 23.7 Å². The fourth-order valence-electron chi connectivity index (χ4n) is 1.76. The Morgan fingerprint density at radius 3 is 2.58 bits per heavy atom. The standard InChI is InChI=1S/C14H16ClNOS2/c1-9(16)14(12-7-8-13(15)18-12)19-11-6-4-3-5-10(11)17-2/h3-9,14H,16H2,1-2H3. The lowest BCUT2D eigenvalue weighted by Gasteiger charge is -2.20. The molecule has 0 saturated carbocycles. The number of halogens is 1. The SMILES string of the molecule is COc1ccccc1SC(c1ccc(Cl)s1)C(C)N. The Labute approximate surface area is 126 Å². The fraction of sp³-hybridized carbons (Fsp3) is 0.286. The van der Waals surface area contributed by atoms with Crippen molar-refractivity contribution in [2.24, 2.45) is 5.73 Å². The molecule has 1 aromatic carbocycles. The number of nitrogens with two attached hydrogens (primary N) is 1. The highest BCUT2D eigenvalue weighted by atomic mass is 35.5. The molecular formula is C14H16ClNOS2. The van der Waals surface area contributed by atoms with Crippen LogP contribution in [0.3, 0.4) is 0 Å². The molecule has 2 aromatic rings. The first-order chi connectivity index (χ1) is 9.11. The summed E-state index contributed by atoms with van der Waals surface area (Å²) in [6, 6.07) is 12.0. The van der Waals surface area contributed by atoms with E-state index in [0.29, 0.717) is 0 Å². The molecule has 0 saturated heterocycles. The second kappa shape index (κ2) is 6.66. The van der Waals surface area contributed by atoms with E-state index < -0.39 is 0 Å². The predicted molar refractivity (Wildman–Crippen MR) is 84.6 cm³/mol. The van der Waals surface area contributed by atoms with Gasteiger partial charge in [-0.3, -0.25) is 0 Å². The first-order valence-electron chi connectivity index (χ1n) is 5.92. The first kappa shape index (κ1) is 14.7. The largest absolute Gasteiger partial charge is 0.496 e. The van der Waals surface area contributed by atoms with Gasteiger partial charge in [0.25, 0.3) is 0 Å². The molecule has 0 spiro atoms. The molecule has 1 aromatic heterocycles. The van der Waals surface area contributed by atoms with E-state index in [-0.39, 0.29) is 11.3 Å². The summed E-state index contributed by atoms with van der Waals surface area (Å²) < 4.78 is 6.18. The molecule has 0 aliphatic rings. The Morgan fingerprint density at radius 1 is 1.26 bits per heavy atom. The Kier molecular flexibility index (Phi) is 5.16. The van der Waals surface area contributed by atoms with E-state index in [0.717, 1.165) is 15.0 Å². The maximum atomic E-state index is 6.12. The number of hydrogen-bond acceptors (Lipinski definition) is 4. The van der Waals surface area contributed by atoms with E-state index in [4.69, 9.17) is 22.1 Å². The number of rotatable bonds is 5. The van der Waals surface area contributed by atoms with Crippen molar-refractivity contribution in [1.29, 1.82) is 0 Å². The van der Waals surface area contributed by atoms with Gasteiger partial charge in [-0.05, 0) is 31.2 Å². The highest BCUT2D eigenvalue weighted by Crippen LogP contribution is 2.43. The molecule has 5 heteroatoms. The molecule has 2 N–H and O–H groups in total. The van der Waals surface area contributed by atoms with E-state index in [1.807, 2.05) is 43.3 Å². The van der Waals surface area contributed by atoms with E-state index in [1.165, 1.54) is 4.88 Å². The summed E-state index contributed by atoms with van der Waals surface area (Å²) in [5.41, 5.74) is 6.12. The summed E-state index contributed by atoms with van der Waals surface area (Å²) in [5.74, 6) is 0.876. The zero-order valence-corrected chi connectivity index (χ0v) is 13.2. The highest BCUT2D eigenvalue weighted by Gasteiger charge is 2.21. The molecule has 0 radical (unpaired) electrons. The van der Waals surface area contributed by atoms with Crippen LogP contribution in [0.5, 0.6) is 5.75 Å². The molecule has 0 aliphatic heterocycles. The Bertz CT molecular complexity index is 542. The summed E-state index contributed by atoms with van der Waals surface area (Å²) in [6.07, 6.45) is 0. The molecule has 2 nitrogen and oxygen atoms in total. The summed E-state index contributed by atoms with van der Waals surface area (Å²) in [4.78, 5) is 2.28. The van der Waals surface area contributed by atoms with Crippen molar-refractivity contribution >= 4 is 34.7 Å². The lowest BCUT2D eigenvalue weighted by molar-refractivity contribution is 0.404. The van der Waals surface area contributed by atoms with Crippen molar-refractivity contribution in [3.63, 3.8) is 0 Å². The van der Waals surface area contributed by atoms with Gasteiger partial charge in [0.2, 0.25) is 0 Å². The number of para-hydroxylation sites is 1. The number of thioether (sulfide) groups is 1. The van der Waals surface area contributed by atoms with Crippen LogP contribution in [0, 0.1) is 0 Å². The second-order valence-electron chi connectivity index (χ2n) is 4.19. The van der Waals surface area contributed by atoms with Crippen LogP contribution < -0.4 is 10.5 Å². The molecule has 0 aliphatic carbocycles. The lowest BCUT2D eigenvalue weighted by Crippen LogP contribution is -2.21. The number of benzene rings is 1. The minimum Gasteiger partial charge on any atom is -0.496 e. The molecule has 102 valence electrons. The van der Waals surface area contributed by atoms with Crippen molar-refractivity contribution in [2.75, 3.05) is 7.11 Å². The average Bonchev–Trinajstić information content (AvgIpc) is 2.82. The summed E-state index contributed by atoms with van der Waals surface area (Å²) in [5, 5.41) is 0.175. The topological polar surface area (TPSA) is 35.2 Å². The zero-order chi connectivity index (χ0) is 13.8. The van der Waals surface area contributed by atoms with Crippen molar-refractivity contribution in [2.45, 2.75) is 23.1 Å². The number of methoxy groups -OCH3 is 1. The minimum absolute atomic E-state index is 0.0321. The van der Waals surface area contributed by atoms with Gasteiger partial charge in [0.05, 0.1) is 21.6 Å². The molecule has 19 heavy (non-hydrogen) atoms. The van der Waals surface area contributed by atoms with Crippen LogP contribution in [0.2, 0.25) is 4.34 Å². The van der Waals surface area contributed by atoms with E-state index in [1.54, 1.807) is 30.2 Å². The second-order valence-corrected chi connectivity index (χ2v) is 7.12. The normalized spacial score (nSPS) is 14.1. The fourth-order valence-corrected chi connectivity index (χ4v) is 4.31. The summed E-state index contributed by atoms with van der Waals surface area (Å²) >= 11 is 9.31. The Morgan fingerprint density at radius 2 is 2.00 bits per heavy atom. The zero-order valence-electron chi connectivity index (χ0n) is 10.8. The number of thiophene rings is 1. The Hall–Kier alpha value is -0.680. The van der Waals surface area contributed by atoms with Crippen molar-refractivity contribution < 1.29 is 4.74 Å². The molecule has 0 fully saturated rings. The van der Waals surface area contributed by atoms with Gasteiger partial charge in [0, 0.05) is 10.9 Å². The van der Waals surface area contributed by atoms with Crippen LogP contribution in [0.4, 0.5) is 0 Å². The van der Waals surface area contributed by atoms with Gasteiger partial charge >= 0.3 is 0 Å². The smallest absolute Gasteiger partial charge is 0.132 e. The maximum Gasteiger partial charge on any atom is 0.132 e. The molecule has 0 bridgehead atoms. The van der Waals surface area contributed by atoms with Gasteiger partial charge < -0.3 is 10.5 Å². The van der Waals surface area contributed by atoms with Gasteiger partial charge in [0.15, 0.2) is 0 Å². The van der Waals surface area contributed by atoms with Gasteiger partial charge in [-0.15, -0.1) is 23.1 Å². The van der Waals surface area contributed by atoms with E-state index in [2.05, 4.69) is 0 Å². The summed E-state index contributed by atoms with van der Waals surface area (Å²) in [6.45, 7) is 2.01. The third-order valence-corrected chi connectivity index (χ3v) is 5.67. The third-order valence-electron chi connectivity index (χ3n) is 2.67. The van der Waals surface area contributed by atoms with Crippen LogP contribution in [0.15, 0.2) is 41.3 Å². The monoisotopic (exact) mass is 313 g/mol. The lowest BCUT2D eigenvalue weighted by atomic mass is 10.2. The van der Waals surface area contributed by atoms with Crippen LogP contribution in [-0.2, 0) is 0 Å². The van der Waals surface area contributed by atoms with Crippen molar-refractivity contribution in [3.8, 4) is 5.75 Å². The van der Waals surface area contributed by atoms with Crippen LogP contribution in [0.25, 0.3) is 0 Å². The van der Waals surface area contributed by atoms with Gasteiger partial charge in [-0.2, -0.15) is 0 Å². The maximum absolute atomic E-state index is 6.12. The van der Waals surface area contributed by atoms with Crippen LogP contribution in [0.1, 0.15) is 17.1 Å².